The molecule has 0 aliphatic carbocycles. The second kappa shape index (κ2) is 5.27. The van der Waals surface area contributed by atoms with Gasteiger partial charge in [-0.25, -0.2) is 0 Å². The molecule has 0 bridgehead atoms. The predicted molar refractivity (Wildman–Crippen MR) is 65.1 cm³/mol. The van der Waals surface area contributed by atoms with E-state index in [-0.39, 0.29) is 0 Å². The maximum atomic E-state index is 4.27. The van der Waals surface area contributed by atoms with Crippen LogP contribution in [0.4, 0.5) is 0 Å². The van der Waals surface area contributed by atoms with E-state index in [1.54, 1.807) is 0 Å². The molecule has 15 heavy (non-hydrogen) atoms. The summed E-state index contributed by atoms with van der Waals surface area (Å²) >= 11 is 0. The predicted octanol–water partition coefficient (Wildman–Crippen LogP) is 2.08. The maximum absolute atomic E-state index is 4.27. The highest BCUT2D eigenvalue weighted by molar-refractivity contribution is 6.58. The fourth-order valence-corrected chi connectivity index (χ4v) is 2.02. The van der Waals surface area contributed by atoms with E-state index in [4.69, 9.17) is 0 Å². The number of benzene rings is 1. The molecule has 0 aliphatic rings. The van der Waals surface area contributed by atoms with Crippen LogP contribution >= 0.6 is 0 Å². The number of nitrogens with zero attached hydrogens (tertiary/aromatic N) is 1. The lowest BCUT2D eigenvalue weighted by Crippen LogP contribution is -2.14. The van der Waals surface area contributed by atoms with Gasteiger partial charge < -0.3 is 0 Å². The highest BCUT2D eigenvalue weighted by atomic mass is 28.2. The molecule has 0 amide bonds. The van der Waals surface area contributed by atoms with Crippen LogP contribution in [-0.2, 0) is 0 Å². The first-order valence-electron chi connectivity index (χ1n) is 4.84. The molecule has 0 atom stereocenters. The zero-order valence-corrected chi connectivity index (χ0v) is 9.30. The normalized spacial score (nSPS) is 10.7. The molecule has 0 aliphatic heterocycles. The van der Waals surface area contributed by atoms with Crippen molar-refractivity contribution in [2.24, 2.45) is 0 Å². The summed E-state index contributed by atoms with van der Waals surface area (Å²) in [5.41, 5.74) is 3.40. The minimum absolute atomic E-state index is 0.638. The summed E-state index contributed by atoms with van der Waals surface area (Å²) in [4.78, 5) is 4.27. The number of rotatable bonds is 3. The van der Waals surface area contributed by atoms with Gasteiger partial charge in [0.1, 0.15) is 9.52 Å². The number of pyridine rings is 1. The van der Waals surface area contributed by atoms with Gasteiger partial charge in [-0.1, -0.05) is 48.2 Å². The fourth-order valence-electron chi connectivity index (χ4n) is 1.24. The van der Waals surface area contributed by atoms with E-state index in [1.807, 2.05) is 42.6 Å². The van der Waals surface area contributed by atoms with E-state index >= 15 is 0 Å². The molecule has 2 heteroatoms. The second-order valence-electron chi connectivity index (χ2n) is 3.10. The molecule has 0 saturated heterocycles. The molecule has 1 aromatic carbocycles. The zero-order valence-electron chi connectivity index (χ0n) is 8.30. The molecule has 2 radical (unpaired) electrons. The SMILES string of the molecule is C(=C\c1ccccc1)/[Si]c1ccccn1. The van der Waals surface area contributed by atoms with Crippen molar-refractivity contribution in [3.63, 3.8) is 0 Å². The number of hydrogen-bond donors (Lipinski definition) is 0. The van der Waals surface area contributed by atoms with Crippen molar-refractivity contribution in [3.05, 3.63) is 66.0 Å². The second-order valence-corrected chi connectivity index (χ2v) is 4.24. The summed E-state index contributed by atoms with van der Waals surface area (Å²) in [5.74, 6) is 0. The van der Waals surface area contributed by atoms with E-state index in [1.165, 1.54) is 5.56 Å². The van der Waals surface area contributed by atoms with Crippen molar-refractivity contribution in [3.8, 4) is 0 Å². The fraction of sp³-hybridized carbons (Fsp3) is 0. The maximum Gasteiger partial charge on any atom is 0.138 e. The quantitative estimate of drug-likeness (QED) is 0.705. The van der Waals surface area contributed by atoms with E-state index in [2.05, 4.69) is 28.9 Å². The third-order valence-electron chi connectivity index (χ3n) is 1.97. The molecular weight excluding hydrogens is 198 g/mol. The molecule has 72 valence electrons. The standard InChI is InChI=1S/C13H11NSi/c1-2-6-12(7-3-1)9-11-15-13-8-4-5-10-14-13/h1-11H/b11-9+. The molecule has 0 N–H and O–H groups in total. The summed E-state index contributed by atoms with van der Waals surface area (Å²) in [6, 6.07) is 16.3. The Labute approximate surface area is 92.3 Å². The smallest absolute Gasteiger partial charge is 0.138 e. The van der Waals surface area contributed by atoms with Gasteiger partial charge in [0.15, 0.2) is 0 Å². The summed E-state index contributed by atoms with van der Waals surface area (Å²) in [6.07, 6.45) is 3.96. The lowest BCUT2D eigenvalue weighted by molar-refractivity contribution is 1.39. The van der Waals surface area contributed by atoms with Crippen LogP contribution in [0.3, 0.4) is 0 Å². The van der Waals surface area contributed by atoms with Gasteiger partial charge in [0, 0.05) is 11.5 Å². The summed E-state index contributed by atoms with van der Waals surface area (Å²) < 4.78 is 0. The summed E-state index contributed by atoms with van der Waals surface area (Å²) in [5, 5.41) is 1.13. The van der Waals surface area contributed by atoms with Gasteiger partial charge >= 0.3 is 0 Å². The minimum atomic E-state index is 0.638. The average Bonchev–Trinajstić information content (AvgIpc) is 2.32. The van der Waals surface area contributed by atoms with E-state index in [0.29, 0.717) is 9.52 Å². The molecule has 2 rings (SSSR count). The Kier molecular flexibility index (Phi) is 3.46. The number of hydrogen-bond acceptors (Lipinski definition) is 1. The highest BCUT2D eigenvalue weighted by Crippen LogP contribution is 1.99. The highest BCUT2D eigenvalue weighted by Gasteiger charge is 1.89. The van der Waals surface area contributed by atoms with Gasteiger partial charge in [0.25, 0.3) is 0 Å². The topological polar surface area (TPSA) is 12.9 Å². The Morgan fingerprint density at radius 3 is 2.47 bits per heavy atom. The molecular formula is C13H11NSi. The van der Waals surface area contributed by atoms with E-state index in [0.717, 1.165) is 5.32 Å². The van der Waals surface area contributed by atoms with Crippen molar-refractivity contribution in [1.29, 1.82) is 0 Å². The van der Waals surface area contributed by atoms with Crippen molar-refractivity contribution in [1.82, 2.24) is 4.98 Å². The van der Waals surface area contributed by atoms with Gasteiger partial charge in [-0.15, -0.1) is 0 Å². The Balaban J connectivity index is 1.97. The lowest BCUT2D eigenvalue weighted by Gasteiger charge is -1.93. The van der Waals surface area contributed by atoms with Crippen molar-refractivity contribution in [2.75, 3.05) is 0 Å². The third-order valence-corrected chi connectivity index (χ3v) is 2.90. The van der Waals surface area contributed by atoms with Crippen LogP contribution in [0.25, 0.3) is 6.08 Å². The van der Waals surface area contributed by atoms with Crippen molar-refractivity contribution >= 4 is 20.9 Å². The minimum Gasteiger partial charge on any atom is -0.266 e. The van der Waals surface area contributed by atoms with Crippen LogP contribution in [0.1, 0.15) is 5.56 Å². The molecule has 0 saturated carbocycles. The van der Waals surface area contributed by atoms with E-state index in [9.17, 15) is 0 Å². The monoisotopic (exact) mass is 209 g/mol. The lowest BCUT2D eigenvalue weighted by atomic mass is 10.2. The van der Waals surface area contributed by atoms with Crippen molar-refractivity contribution < 1.29 is 0 Å². The molecule has 1 heterocycles. The summed E-state index contributed by atoms with van der Waals surface area (Å²) in [6.45, 7) is 0. The first-order valence-corrected chi connectivity index (χ1v) is 5.92. The van der Waals surface area contributed by atoms with Gasteiger partial charge in [-0.2, -0.15) is 0 Å². The van der Waals surface area contributed by atoms with Crippen LogP contribution in [0.15, 0.2) is 60.4 Å². The number of aromatic nitrogens is 1. The first-order chi connectivity index (χ1) is 7.45. The molecule has 1 aromatic heterocycles. The Hall–Kier alpha value is -1.67. The van der Waals surface area contributed by atoms with Gasteiger partial charge in [0.2, 0.25) is 0 Å². The largest absolute Gasteiger partial charge is 0.266 e. The van der Waals surface area contributed by atoms with Crippen molar-refractivity contribution in [2.45, 2.75) is 0 Å². The first kappa shape index (κ1) is 9.87. The van der Waals surface area contributed by atoms with Gasteiger partial charge in [-0.05, 0) is 17.7 Å². The third kappa shape index (κ3) is 3.18. The molecule has 0 unspecified atom stereocenters. The Morgan fingerprint density at radius 1 is 0.933 bits per heavy atom. The van der Waals surface area contributed by atoms with Crippen LogP contribution < -0.4 is 5.32 Å². The van der Waals surface area contributed by atoms with Crippen LogP contribution in [0.2, 0.25) is 0 Å². The zero-order chi connectivity index (χ0) is 10.3. The van der Waals surface area contributed by atoms with E-state index < -0.39 is 0 Å². The van der Waals surface area contributed by atoms with Crippen LogP contribution in [-0.4, -0.2) is 14.5 Å². The Bertz CT molecular complexity index is 423. The van der Waals surface area contributed by atoms with Crippen LogP contribution in [0, 0.1) is 0 Å². The Morgan fingerprint density at radius 2 is 1.73 bits per heavy atom. The van der Waals surface area contributed by atoms with Gasteiger partial charge in [0.05, 0.1) is 0 Å². The molecule has 2 aromatic rings. The summed E-state index contributed by atoms with van der Waals surface area (Å²) in [7, 11) is 0.638. The average molecular weight is 209 g/mol. The molecule has 1 nitrogen and oxygen atoms in total. The van der Waals surface area contributed by atoms with Crippen LogP contribution in [0.5, 0.6) is 0 Å². The van der Waals surface area contributed by atoms with Gasteiger partial charge in [-0.3, -0.25) is 4.98 Å². The molecule has 0 spiro atoms. The molecule has 0 fully saturated rings.